The molecule has 3 heteroatoms. The van der Waals surface area contributed by atoms with Gasteiger partial charge in [-0.25, -0.2) is 5.43 Å². The fourth-order valence-electron chi connectivity index (χ4n) is 0.344. The molecule has 1 atom stereocenters. The lowest BCUT2D eigenvalue weighted by Crippen LogP contribution is -2.28. The molecule has 1 aliphatic heterocycles. The second-order valence-electron chi connectivity index (χ2n) is 1.24. The molecule has 0 aromatic carbocycles. The standard InChI is InChI=1S/C3H7N3.C2H6/c1-3-4-2-5-6-3;1-2/h2-3,6H,1H3,(H,4,5);1-2H3. The molecular weight excluding hydrogens is 102 g/mol. The maximum absolute atomic E-state index is 3.89. The monoisotopic (exact) mass is 115 g/mol. The number of rotatable bonds is 0. The van der Waals surface area contributed by atoms with E-state index in [0.29, 0.717) is 0 Å². The first-order valence-electron chi connectivity index (χ1n) is 2.92. The SMILES string of the molecule is CC.CC1N=CNN1. The summed E-state index contributed by atoms with van der Waals surface area (Å²) in [7, 11) is 0. The molecule has 0 spiro atoms. The molecule has 0 saturated heterocycles. The van der Waals surface area contributed by atoms with E-state index in [9.17, 15) is 0 Å². The highest BCUT2D eigenvalue weighted by Crippen LogP contribution is 1.80. The van der Waals surface area contributed by atoms with E-state index in [1.807, 2.05) is 20.8 Å². The molecule has 0 amide bonds. The van der Waals surface area contributed by atoms with Crippen LogP contribution >= 0.6 is 0 Å². The van der Waals surface area contributed by atoms with E-state index in [1.165, 1.54) is 0 Å². The molecule has 1 unspecified atom stereocenters. The fraction of sp³-hybridized carbons (Fsp3) is 0.800. The van der Waals surface area contributed by atoms with Crippen molar-refractivity contribution >= 4 is 6.34 Å². The van der Waals surface area contributed by atoms with Crippen LogP contribution in [0.1, 0.15) is 20.8 Å². The van der Waals surface area contributed by atoms with Crippen LogP contribution in [0.2, 0.25) is 0 Å². The van der Waals surface area contributed by atoms with Crippen molar-refractivity contribution in [1.82, 2.24) is 10.9 Å². The first-order valence-corrected chi connectivity index (χ1v) is 2.92. The molecule has 0 aliphatic carbocycles. The van der Waals surface area contributed by atoms with Crippen LogP contribution in [-0.2, 0) is 0 Å². The van der Waals surface area contributed by atoms with Gasteiger partial charge in [-0.15, -0.1) is 0 Å². The average Bonchev–Trinajstić information content (AvgIpc) is 2.24. The van der Waals surface area contributed by atoms with E-state index < -0.39 is 0 Å². The van der Waals surface area contributed by atoms with Crippen LogP contribution in [0.5, 0.6) is 0 Å². The third kappa shape index (κ3) is 2.58. The Kier molecular flexibility index (Phi) is 4.26. The number of nitrogens with zero attached hydrogens (tertiary/aromatic N) is 1. The molecule has 1 rings (SSSR count). The van der Waals surface area contributed by atoms with Crippen molar-refractivity contribution in [3.05, 3.63) is 0 Å². The molecule has 8 heavy (non-hydrogen) atoms. The summed E-state index contributed by atoms with van der Waals surface area (Å²) >= 11 is 0. The van der Waals surface area contributed by atoms with Crippen molar-refractivity contribution in [2.24, 2.45) is 4.99 Å². The highest BCUT2D eigenvalue weighted by Gasteiger charge is 1.96. The van der Waals surface area contributed by atoms with Gasteiger partial charge in [0, 0.05) is 0 Å². The second-order valence-corrected chi connectivity index (χ2v) is 1.24. The maximum atomic E-state index is 3.89. The molecule has 0 aromatic heterocycles. The lowest BCUT2D eigenvalue weighted by atomic mass is 10.6. The van der Waals surface area contributed by atoms with E-state index in [2.05, 4.69) is 15.8 Å². The molecule has 48 valence electrons. The Morgan fingerprint density at radius 1 is 1.50 bits per heavy atom. The summed E-state index contributed by atoms with van der Waals surface area (Å²) in [6.07, 6.45) is 1.90. The van der Waals surface area contributed by atoms with E-state index in [0.717, 1.165) is 0 Å². The van der Waals surface area contributed by atoms with Crippen LogP contribution in [-0.4, -0.2) is 12.5 Å². The first-order chi connectivity index (χ1) is 3.89. The van der Waals surface area contributed by atoms with Crippen molar-refractivity contribution in [3.8, 4) is 0 Å². The Hall–Kier alpha value is -0.570. The highest BCUT2D eigenvalue weighted by molar-refractivity contribution is 5.55. The molecule has 2 N–H and O–H groups in total. The topological polar surface area (TPSA) is 36.4 Å². The molecule has 0 bridgehead atoms. The molecule has 1 aliphatic rings. The lowest BCUT2D eigenvalue weighted by molar-refractivity contribution is 0.590. The van der Waals surface area contributed by atoms with Crippen molar-refractivity contribution in [3.63, 3.8) is 0 Å². The summed E-state index contributed by atoms with van der Waals surface area (Å²) in [6.45, 7) is 5.97. The number of hydrogen-bond acceptors (Lipinski definition) is 3. The van der Waals surface area contributed by atoms with Gasteiger partial charge in [-0.2, -0.15) is 0 Å². The fourth-order valence-corrected chi connectivity index (χ4v) is 0.344. The van der Waals surface area contributed by atoms with Crippen LogP contribution in [0.15, 0.2) is 4.99 Å². The highest BCUT2D eigenvalue weighted by atomic mass is 15.5. The van der Waals surface area contributed by atoms with E-state index in [1.54, 1.807) is 6.34 Å². The number of hydrogen-bond donors (Lipinski definition) is 2. The van der Waals surface area contributed by atoms with Crippen LogP contribution in [0.25, 0.3) is 0 Å². The molecule has 0 fully saturated rings. The van der Waals surface area contributed by atoms with Gasteiger partial charge in [-0.3, -0.25) is 4.99 Å². The van der Waals surface area contributed by atoms with Crippen molar-refractivity contribution < 1.29 is 0 Å². The molecule has 1 heterocycles. The minimum absolute atomic E-state index is 0.255. The second kappa shape index (κ2) is 4.59. The van der Waals surface area contributed by atoms with Crippen molar-refractivity contribution in [2.75, 3.05) is 0 Å². The number of aliphatic imine (C=N–C) groups is 1. The zero-order chi connectivity index (χ0) is 6.41. The van der Waals surface area contributed by atoms with Crippen LogP contribution in [0.4, 0.5) is 0 Å². The summed E-state index contributed by atoms with van der Waals surface area (Å²) in [4.78, 5) is 3.89. The number of nitrogens with one attached hydrogen (secondary N) is 2. The maximum Gasteiger partial charge on any atom is 0.115 e. The quantitative estimate of drug-likeness (QED) is 0.482. The summed E-state index contributed by atoms with van der Waals surface area (Å²) in [5, 5.41) is 0. The molecule has 3 nitrogen and oxygen atoms in total. The van der Waals surface area contributed by atoms with Crippen molar-refractivity contribution in [1.29, 1.82) is 0 Å². The van der Waals surface area contributed by atoms with E-state index in [4.69, 9.17) is 0 Å². The smallest absolute Gasteiger partial charge is 0.115 e. The van der Waals surface area contributed by atoms with Gasteiger partial charge in [0.15, 0.2) is 0 Å². The lowest BCUT2D eigenvalue weighted by Gasteiger charge is -1.93. The van der Waals surface area contributed by atoms with E-state index >= 15 is 0 Å². The summed E-state index contributed by atoms with van der Waals surface area (Å²) < 4.78 is 0. The van der Waals surface area contributed by atoms with Gasteiger partial charge >= 0.3 is 0 Å². The molecular formula is C5H13N3. The zero-order valence-electron chi connectivity index (χ0n) is 5.60. The van der Waals surface area contributed by atoms with Crippen LogP contribution < -0.4 is 10.9 Å². The Balaban J connectivity index is 0.000000222. The van der Waals surface area contributed by atoms with Crippen LogP contribution in [0.3, 0.4) is 0 Å². The molecule has 0 aromatic rings. The Labute approximate surface area is 50.2 Å². The van der Waals surface area contributed by atoms with Crippen molar-refractivity contribution in [2.45, 2.75) is 26.9 Å². The zero-order valence-corrected chi connectivity index (χ0v) is 5.60. The molecule has 0 saturated carbocycles. The predicted molar refractivity (Wildman–Crippen MR) is 35.6 cm³/mol. The minimum Gasteiger partial charge on any atom is -0.310 e. The van der Waals surface area contributed by atoms with Gasteiger partial charge in [0.2, 0.25) is 0 Å². The third-order valence-electron chi connectivity index (χ3n) is 0.655. The molecule has 0 radical (unpaired) electrons. The van der Waals surface area contributed by atoms with Gasteiger partial charge in [-0.05, 0) is 6.92 Å². The first kappa shape index (κ1) is 7.43. The van der Waals surface area contributed by atoms with Crippen LogP contribution in [0, 0.1) is 0 Å². The van der Waals surface area contributed by atoms with Gasteiger partial charge in [-0.1, -0.05) is 13.8 Å². The summed E-state index contributed by atoms with van der Waals surface area (Å²) in [6, 6.07) is 0. The third-order valence-corrected chi connectivity index (χ3v) is 0.655. The Morgan fingerprint density at radius 3 is 2.25 bits per heavy atom. The normalized spacial score (nSPS) is 23.6. The number of hydrazine groups is 1. The van der Waals surface area contributed by atoms with Gasteiger partial charge in [0.25, 0.3) is 0 Å². The Bertz CT molecular complexity index is 70.1. The largest absolute Gasteiger partial charge is 0.310 e. The Morgan fingerprint density at radius 2 is 2.12 bits per heavy atom. The average molecular weight is 115 g/mol. The van der Waals surface area contributed by atoms with Gasteiger partial charge in [0.1, 0.15) is 6.17 Å². The minimum atomic E-state index is 0.255. The van der Waals surface area contributed by atoms with Gasteiger partial charge < -0.3 is 5.43 Å². The summed E-state index contributed by atoms with van der Waals surface area (Å²) in [5.74, 6) is 0. The van der Waals surface area contributed by atoms with E-state index in [-0.39, 0.29) is 6.17 Å². The van der Waals surface area contributed by atoms with Gasteiger partial charge in [0.05, 0.1) is 6.34 Å². The summed E-state index contributed by atoms with van der Waals surface area (Å²) in [5.41, 5.74) is 5.58. The predicted octanol–water partition coefficient (Wildman–Crippen LogP) is 0.495.